The molecular formula is C15H23NO3. The van der Waals surface area contributed by atoms with E-state index < -0.39 is 11.4 Å². The molecule has 0 aromatic carbocycles. The highest BCUT2D eigenvalue weighted by Gasteiger charge is 2.45. The number of carboxylic acids is 1. The van der Waals surface area contributed by atoms with Crippen molar-refractivity contribution in [3.8, 4) is 12.3 Å². The maximum Gasteiger partial charge on any atom is 0.311 e. The highest BCUT2D eigenvalue weighted by atomic mass is 16.4. The van der Waals surface area contributed by atoms with Crippen molar-refractivity contribution in [1.82, 2.24) is 4.90 Å². The number of amides is 1. The first-order valence-corrected chi connectivity index (χ1v) is 7.00. The summed E-state index contributed by atoms with van der Waals surface area (Å²) in [5, 5.41) is 9.38. The molecule has 1 heterocycles. The van der Waals surface area contributed by atoms with Crippen LogP contribution in [0.3, 0.4) is 0 Å². The van der Waals surface area contributed by atoms with E-state index >= 15 is 0 Å². The molecule has 1 rings (SSSR count). The topological polar surface area (TPSA) is 57.6 Å². The predicted molar refractivity (Wildman–Crippen MR) is 73.5 cm³/mol. The van der Waals surface area contributed by atoms with Crippen molar-refractivity contribution in [2.75, 3.05) is 13.1 Å². The van der Waals surface area contributed by atoms with Gasteiger partial charge in [0.05, 0.1) is 5.41 Å². The van der Waals surface area contributed by atoms with E-state index in [9.17, 15) is 14.7 Å². The summed E-state index contributed by atoms with van der Waals surface area (Å²) in [5.41, 5.74) is -0.719. The van der Waals surface area contributed by atoms with Crippen molar-refractivity contribution < 1.29 is 14.7 Å². The summed E-state index contributed by atoms with van der Waals surface area (Å²) in [5.74, 6) is 1.85. The summed E-state index contributed by atoms with van der Waals surface area (Å²) >= 11 is 0. The van der Waals surface area contributed by atoms with E-state index in [0.717, 1.165) is 19.3 Å². The Kier molecular flexibility index (Phi) is 5.88. The fourth-order valence-corrected chi connectivity index (χ4v) is 2.71. The lowest BCUT2D eigenvalue weighted by molar-refractivity contribution is -0.149. The SMILES string of the molecule is C#CCCCCC(=O)N1CCC(CCC)(C(=O)O)C1. The van der Waals surface area contributed by atoms with E-state index in [-0.39, 0.29) is 5.91 Å². The maximum atomic E-state index is 12.0. The molecule has 0 spiro atoms. The molecule has 1 amide bonds. The normalized spacial score (nSPS) is 22.2. The molecule has 0 radical (unpaired) electrons. The summed E-state index contributed by atoms with van der Waals surface area (Å²) in [4.78, 5) is 25.1. The van der Waals surface area contributed by atoms with Crippen LogP contribution in [0.4, 0.5) is 0 Å². The van der Waals surface area contributed by atoms with Gasteiger partial charge in [-0.2, -0.15) is 0 Å². The number of terminal acetylenes is 1. The van der Waals surface area contributed by atoms with Crippen LogP contribution >= 0.6 is 0 Å². The van der Waals surface area contributed by atoms with E-state index in [1.54, 1.807) is 4.90 Å². The number of carbonyl (C=O) groups is 2. The molecule has 1 N–H and O–H groups in total. The van der Waals surface area contributed by atoms with Crippen LogP contribution in [-0.2, 0) is 9.59 Å². The standard InChI is InChI=1S/C15H23NO3/c1-3-5-6-7-8-13(17)16-11-10-15(12-16,9-4-2)14(18)19/h1H,4-12H2,2H3,(H,18,19). The Balaban J connectivity index is 2.48. The van der Waals surface area contributed by atoms with Gasteiger partial charge in [0.15, 0.2) is 0 Å². The summed E-state index contributed by atoms with van der Waals surface area (Å²) in [6.07, 6.45) is 10.0. The molecule has 0 aromatic heterocycles. The van der Waals surface area contributed by atoms with Crippen LogP contribution in [0.1, 0.15) is 51.9 Å². The van der Waals surface area contributed by atoms with E-state index in [1.165, 1.54) is 0 Å². The van der Waals surface area contributed by atoms with Crippen molar-refractivity contribution in [3.63, 3.8) is 0 Å². The third-order valence-corrected chi connectivity index (χ3v) is 3.85. The quantitative estimate of drug-likeness (QED) is 0.567. The number of rotatable bonds is 7. The summed E-state index contributed by atoms with van der Waals surface area (Å²) in [7, 11) is 0. The van der Waals surface area contributed by atoms with Crippen LogP contribution in [-0.4, -0.2) is 35.0 Å². The molecule has 0 aliphatic carbocycles. The average molecular weight is 265 g/mol. The van der Waals surface area contributed by atoms with Gasteiger partial charge in [0, 0.05) is 25.9 Å². The zero-order chi connectivity index (χ0) is 14.3. The Hall–Kier alpha value is -1.50. The second-order valence-corrected chi connectivity index (χ2v) is 5.31. The highest BCUT2D eigenvalue weighted by molar-refractivity contribution is 5.80. The smallest absolute Gasteiger partial charge is 0.311 e. The minimum absolute atomic E-state index is 0.0660. The van der Waals surface area contributed by atoms with Gasteiger partial charge in [-0.05, 0) is 25.7 Å². The molecule has 106 valence electrons. The number of aliphatic carboxylic acids is 1. The molecule has 1 atom stereocenters. The van der Waals surface area contributed by atoms with E-state index in [1.807, 2.05) is 6.92 Å². The number of nitrogens with zero attached hydrogens (tertiary/aromatic N) is 1. The Morgan fingerprint density at radius 1 is 1.42 bits per heavy atom. The highest BCUT2D eigenvalue weighted by Crippen LogP contribution is 2.35. The Morgan fingerprint density at radius 3 is 2.74 bits per heavy atom. The summed E-state index contributed by atoms with van der Waals surface area (Å²) in [6, 6.07) is 0. The van der Waals surface area contributed by atoms with Gasteiger partial charge in [0.25, 0.3) is 0 Å². The third kappa shape index (κ3) is 3.99. The Bertz CT molecular complexity index is 372. The Morgan fingerprint density at radius 2 is 2.16 bits per heavy atom. The molecule has 1 saturated heterocycles. The lowest BCUT2D eigenvalue weighted by Crippen LogP contribution is -2.36. The van der Waals surface area contributed by atoms with Crippen LogP contribution in [0, 0.1) is 17.8 Å². The van der Waals surface area contributed by atoms with Crippen molar-refractivity contribution in [2.24, 2.45) is 5.41 Å². The molecule has 0 aromatic rings. The van der Waals surface area contributed by atoms with Gasteiger partial charge in [0.1, 0.15) is 0 Å². The lowest BCUT2D eigenvalue weighted by atomic mass is 9.83. The molecule has 1 fully saturated rings. The molecule has 4 nitrogen and oxygen atoms in total. The van der Waals surface area contributed by atoms with Crippen molar-refractivity contribution in [3.05, 3.63) is 0 Å². The average Bonchev–Trinajstić information content (AvgIpc) is 2.81. The number of hydrogen-bond acceptors (Lipinski definition) is 2. The molecule has 1 aliphatic rings. The predicted octanol–water partition coefficient (Wildman–Crippen LogP) is 2.28. The molecular weight excluding hydrogens is 242 g/mol. The molecule has 0 saturated carbocycles. The number of unbranched alkanes of at least 4 members (excludes halogenated alkanes) is 2. The second-order valence-electron chi connectivity index (χ2n) is 5.31. The van der Waals surface area contributed by atoms with Gasteiger partial charge in [0.2, 0.25) is 5.91 Å². The minimum atomic E-state index is -0.767. The van der Waals surface area contributed by atoms with Crippen LogP contribution in [0.15, 0.2) is 0 Å². The monoisotopic (exact) mass is 265 g/mol. The first kappa shape index (κ1) is 15.6. The molecule has 19 heavy (non-hydrogen) atoms. The van der Waals surface area contributed by atoms with E-state index in [4.69, 9.17) is 6.42 Å². The molecule has 4 heteroatoms. The van der Waals surface area contributed by atoms with Crippen LogP contribution in [0.25, 0.3) is 0 Å². The summed E-state index contributed by atoms with van der Waals surface area (Å²) < 4.78 is 0. The first-order chi connectivity index (χ1) is 9.05. The fourth-order valence-electron chi connectivity index (χ4n) is 2.71. The third-order valence-electron chi connectivity index (χ3n) is 3.85. The van der Waals surface area contributed by atoms with Gasteiger partial charge in [-0.25, -0.2) is 0 Å². The minimum Gasteiger partial charge on any atom is -0.481 e. The van der Waals surface area contributed by atoms with Gasteiger partial charge < -0.3 is 10.0 Å². The number of carbonyl (C=O) groups excluding carboxylic acids is 1. The Labute approximate surface area is 115 Å². The second kappa shape index (κ2) is 7.18. The van der Waals surface area contributed by atoms with E-state index in [2.05, 4.69) is 5.92 Å². The van der Waals surface area contributed by atoms with E-state index in [0.29, 0.717) is 38.8 Å². The van der Waals surface area contributed by atoms with Crippen molar-refractivity contribution in [1.29, 1.82) is 0 Å². The molecule has 0 bridgehead atoms. The summed E-state index contributed by atoms with van der Waals surface area (Å²) in [6.45, 7) is 2.92. The number of likely N-dealkylation sites (tertiary alicyclic amines) is 1. The largest absolute Gasteiger partial charge is 0.481 e. The molecule has 1 aliphatic heterocycles. The van der Waals surface area contributed by atoms with Crippen molar-refractivity contribution in [2.45, 2.75) is 51.9 Å². The van der Waals surface area contributed by atoms with Crippen molar-refractivity contribution >= 4 is 11.9 Å². The van der Waals surface area contributed by atoms with Gasteiger partial charge >= 0.3 is 5.97 Å². The van der Waals surface area contributed by atoms with Crippen LogP contribution in [0.5, 0.6) is 0 Å². The lowest BCUT2D eigenvalue weighted by Gasteiger charge is -2.24. The van der Waals surface area contributed by atoms with Gasteiger partial charge in [-0.1, -0.05) is 13.3 Å². The first-order valence-electron chi connectivity index (χ1n) is 7.00. The zero-order valence-electron chi connectivity index (χ0n) is 11.7. The van der Waals surface area contributed by atoms with Gasteiger partial charge in [-0.15, -0.1) is 12.3 Å². The maximum absolute atomic E-state index is 12.0. The van der Waals surface area contributed by atoms with Gasteiger partial charge in [-0.3, -0.25) is 9.59 Å². The number of hydrogen-bond donors (Lipinski definition) is 1. The van der Waals surface area contributed by atoms with Crippen LogP contribution in [0.2, 0.25) is 0 Å². The zero-order valence-corrected chi connectivity index (χ0v) is 11.7. The van der Waals surface area contributed by atoms with Crippen LogP contribution < -0.4 is 0 Å². The molecule has 1 unspecified atom stereocenters. The fraction of sp³-hybridized carbons (Fsp3) is 0.733. The number of carboxylic acid groups (broad SMARTS) is 1.